The molecule has 0 heterocycles. The molecule has 1 aliphatic rings. The van der Waals surface area contributed by atoms with Gasteiger partial charge in [0, 0.05) is 0 Å². The molecule has 0 saturated heterocycles. The standard InChI is InChI=1S/C41H48/c1-10-12-28-14-18-30(19-15-28)38(31-20-16-29(13-11-2)17-21-31)39-35-26-32-25-33(40(4,5)6)24-27(3)37(32)34(35)22-23-36(39)41(7,8)9/h14-26H,10-13H2,1-9H3. The average Bonchev–Trinajstić information content (AvgIpc) is 3.30. The monoisotopic (exact) mass is 540 g/mol. The Morgan fingerprint density at radius 2 is 1.17 bits per heavy atom. The molecule has 0 fully saturated rings. The fourth-order valence-corrected chi connectivity index (χ4v) is 6.48. The maximum absolute atomic E-state index is 2.48. The van der Waals surface area contributed by atoms with E-state index in [1.54, 1.807) is 0 Å². The van der Waals surface area contributed by atoms with Gasteiger partial charge in [0.2, 0.25) is 0 Å². The molecule has 0 unspecified atom stereocenters. The molecule has 0 spiro atoms. The molecule has 0 radical (unpaired) electrons. The van der Waals surface area contributed by atoms with Gasteiger partial charge in [-0.3, -0.25) is 0 Å². The van der Waals surface area contributed by atoms with Crippen molar-refractivity contribution in [2.75, 3.05) is 0 Å². The van der Waals surface area contributed by atoms with Crippen molar-refractivity contribution in [3.8, 4) is 11.1 Å². The average molecular weight is 541 g/mol. The third kappa shape index (κ3) is 5.72. The molecular weight excluding hydrogens is 492 g/mol. The first-order chi connectivity index (χ1) is 19.4. The summed E-state index contributed by atoms with van der Waals surface area (Å²) in [6.45, 7) is 20.8. The molecule has 0 nitrogen and oxygen atoms in total. The highest BCUT2D eigenvalue weighted by molar-refractivity contribution is 5.89. The minimum absolute atomic E-state index is 0.00581. The highest BCUT2D eigenvalue weighted by atomic mass is 14.3. The van der Waals surface area contributed by atoms with Crippen molar-refractivity contribution >= 4 is 11.6 Å². The van der Waals surface area contributed by atoms with E-state index in [4.69, 9.17) is 0 Å². The van der Waals surface area contributed by atoms with Crippen LogP contribution in [0.15, 0.2) is 72.8 Å². The molecular formula is C41H48. The summed E-state index contributed by atoms with van der Waals surface area (Å²) in [5, 5.41) is 2.75. The summed E-state index contributed by atoms with van der Waals surface area (Å²) in [5.74, 6) is 0. The van der Waals surface area contributed by atoms with Crippen LogP contribution in [0.5, 0.6) is 0 Å². The summed E-state index contributed by atoms with van der Waals surface area (Å²) >= 11 is 0. The summed E-state index contributed by atoms with van der Waals surface area (Å²) in [5.41, 5.74) is 15.1. The lowest BCUT2D eigenvalue weighted by atomic mass is 9.80. The normalized spacial score (nSPS) is 12.6. The van der Waals surface area contributed by atoms with Crippen molar-refractivity contribution in [2.45, 2.75) is 98.8 Å². The quantitative estimate of drug-likeness (QED) is 0.201. The lowest BCUT2D eigenvalue weighted by Crippen LogP contribution is -2.37. The zero-order valence-corrected chi connectivity index (χ0v) is 26.8. The SMILES string of the molecule is CCCc1ccc(C(c2ccc(CCC)cc2)=c2c(C(C)(C)C)ccc3c2=Cc2cc(C(C)(C)C)cc(C)c2-3)cc1. The van der Waals surface area contributed by atoms with Crippen molar-refractivity contribution < 1.29 is 0 Å². The molecule has 5 rings (SSSR count). The number of hydrogen-bond acceptors (Lipinski definition) is 0. The maximum atomic E-state index is 2.48. The van der Waals surface area contributed by atoms with Gasteiger partial charge in [-0.05, 0) is 108 Å². The van der Waals surface area contributed by atoms with Crippen LogP contribution in [0.25, 0.3) is 22.8 Å². The Morgan fingerprint density at radius 3 is 1.63 bits per heavy atom. The molecule has 4 aromatic carbocycles. The Hall–Kier alpha value is -3.38. The molecule has 0 bridgehead atoms. The van der Waals surface area contributed by atoms with Crippen LogP contribution >= 0.6 is 0 Å². The number of aryl methyl sites for hydroxylation is 3. The second kappa shape index (κ2) is 11.1. The first-order valence-electron chi connectivity index (χ1n) is 15.7. The molecule has 0 N–H and O–H groups in total. The number of hydrogen-bond donors (Lipinski definition) is 0. The molecule has 0 saturated carbocycles. The number of fused-ring (bicyclic) bond motifs is 3. The van der Waals surface area contributed by atoms with Gasteiger partial charge in [-0.2, -0.15) is 0 Å². The minimum atomic E-state index is -0.00581. The molecule has 0 aliphatic heterocycles. The predicted molar refractivity (Wildman–Crippen MR) is 179 cm³/mol. The van der Waals surface area contributed by atoms with Gasteiger partial charge in [-0.15, -0.1) is 0 Å². The summed E-state index contributed by atoms with van der Waals surface area (Å²) in [7, 11) is 0. The van der Waals surface area contributed by atoms with Gasteiger partial charge < -0.3 is 0 Å². The van der Waals surface area contributed by atoms with Crippen LogP contribution in [-0.4, -0.2) is 0 Å². The lowest BCUT2D eigenvalue weighted by Gasteiger charge is -2.24. The van der Waals surface area contributed by atoms with E-state index in [9.17, 15) is 0 Å². The molecule has 1 aliphatic carbocycles. The van der Waals surface area contributed by atoms with Crippen LogP contribution in [0.4, 0.5) is 0 Å². The zero-order valence-electron chi connectivity index (χ0n) is 26.8. The van der Waals surface area contributed by atoms with E-state index in [-0.39, 0.29) is 10.8 Å². The predicted octanol–water partition coefficient (Wildman–Crippen LogP) is 9.55. The fraction of sp³-hybridized carbons (Fsp3) is 0.366. The summed E-state index contributed by atoms with van der Waals surface area (Å²) in [4.78, 5) is 0. The molecule has 0 aromatic heterocycles. The molecule has 4 aromatic rings. The number of benzene rings is 4. The highest BCUT2D eigenvalue weighted by Gasteiger charge is 2.25. The van der Waals surface area contributed by atoms with Crippen molar-refractivity contribution in [1.29, 1.82) is 0 Å². The molecule has 41 heavy (non-hydrogen) atoms. The zero-order chi connectivity index (χ0) is 29.5. The lowest BCUT2D eigenvalue weighted by molar-refractivity contribution is 0.585. The van der Waals surface area contributed by atoms with Gasteiger partial charge >= 0.3 is 0 Å². The van der Waals surface area contributed by atoms with Gasteiger partial charge in [-0.1, -0.05) is 141 Å². The molecule has 0 heteroatoms. The second-order valence-corrected chi connectivity index (χ2v) is 14.1. The van der Waals surface area contributed by atoms with E-state index in [2.05, 4.69) is 141 Å². The molecule has 0 amide bonds. The van der Waals surface area contributed by atoms with Crippen molar-refractivity contribution in [3.05, 3.63) is 128 Å². The van der Waals surface area contributed by atoms with Crippen molar-refractivity contribution in [2.24, 2.45) is 0 Å². The van der Waals surface area contributed by atoms with Gasteiger partial charge in [0.1, 0.15) is 0 Å². The summed E-state index contributed by atoms with van der Waals surface area (Å²) < 4.78 is 0. The largest absolute Gasteiger partial charge is 0.0651 e. The Kier molecular flexibility index (Phi) is 7.90. The topological polar surface area (TPSA) is 0 Å². The van der Waals surface area contributed by atoms with Crippen LogP contribution < -0.4 is 10.4 Å². The van der Waals surface area contributed by atoms with Gasteiger partial charge in [0.25, 0.3) is 0 Å². The fourth-order valence-electron chi connectivity index (χ4n) is 6.48. The van der Waals surface area contributed by atoms with E-state index < -0.39 is 0 Å². The minimum Gasteiger partial charge on any atom is -0.0651 e. The smallest absolute Gasteiger partial charge is 0.00296 e. The van der Waals surface area contributed by atoms with Crippen molar-refractivity contribution in [3.63, 3.8) is 0 Å². The van der Waals surface area contributed by atoms with E-state index in [1.807, 2.05) is 0 Å². The van der Waals surface area contributed by atoms with Gasteiger partial charge in [0.15, 0.2) is 0 Å². The van der Waals surface area contributed by atoms with Crippen LogP contribution in [0.1, 0.15) is 113 Å². The Labute approximate surface area is 248 Å². The molecule has 212 valence electrons. The van der Waals surface area contributed by atoms with Crippen LogP contribution in [-0.2, 0) is 23.7 Å². The van der Waals surface area contributed by atoms with Crippen LogP contribution in [0.2, 0.25) is 0 Å². The Bertz CT molecular complexity index is 1630. The van der Waals surface area contributed by atoms with E-state index in [0.717, 1.165) is 25.7 Å². The van der Waals surface area contributed by atoms with Crippen LogP contribution in [0, 0.1) is 6.92 Å². The first-order valence-corrected chi connectivity index (χ1v) is 15.7. The van der Waals surface area contributed by atoms with E-state index in [0.29, 0.717) is 0 Å². The van der Waals surface area contributed by atoms with Crippen LogP contribution in [0.3, 0.4) is 0 Å². The van der Waals surface area contributed by atoms with E-state index >= 15 is 0 Å². The van der Waals surface area contributed by atoms with Gasteiger partial charge in [0.05, 0.1) is 0 Å². The van der Waals surface area contributed by atoms with Gasteiger partial charge in [-0.25, -0.2) is 0 Å². The first kappa shape index (κ1) is 29.1. The van der Waals surface area contributed by atoms with Crippen molar-refractivity contribution in [1.82, 2.24) is 0 Å². The molecule has 0 atom stereocenters. The van der Waals surface area contributed by atoms with E-state index in [1.165, 1.54) is 71.6 Å². The maximum Gasteiger partial charge on any atom is -0.00296 e. The Balaban J connectivity index is 1.92. The second-order valence-electron chi connectivity index (χ2n) is 14.1. The summed E-state index contributed by atoms with van der Waals surface area (Å²) in [6, 6.07) is 28.4. The number of rotatable bonds is 6. The third-order valence-electron chi connectivity index (χ3n) is 8.67. The highest BCUT2D eigenvalue weighted by Crippen LogP contribution is 2.36. The summed E-state index contributed by atoms with van der Waals surface area (Å²) in [6.07, 6.45) is 7.05. The third-order valence-corrected chi connectivity index (χ3v) is 8.67. The Morgan fingerprint density at radius 1 is 0.634 bits per heavy atom.